The summed E-state index contributed by atoms with van der Waals surface area (Å²) in [5.41, 5.74) is 0.953. The Bertz CT molecular complexity index is 734. The van der Waals surface area contributed by atoms with Gasteiger partial charge in [0.25, 0.3) is 0 Å². The summed E-state index contributed by atoms with van der Waals surface area (Å²) in [6.45, 7) is 1.34. The van der Waals surface area contributed by atoms with Gasteiger partial charge in [0, 0.05) is 18.9 Å². The molecule has 2 heterocycles. The number of amides is 1. The Kier molecular flexibility index (Phi) is 3.96. The molecule has 1 amide bonds. The van der Waals surface area contributed by atoms with Crippen molar-refractivity contribution in [3.8, 4) is 11.4 Å². The number of hydrogen-bond donors (Lipinski definition) is 0. The van der Waals surface area contributed by atoms with Crippen molar-refractivity contribution < 1.29 is 9.53 Å². The first-order valence-electron chi connectivity index (χ1n) is 8.62. The van der Waals surface area contributed by atoms with E-state index in [1.807, 2.05) is 33.8 Å². The minimum atomic E-state index is 0.221. The van der Waals surface area contributed by atoms with Crippen LogP contribution in [0.3, 0.4) is 0 Å². The molecule has 24 heavy (non-hydrogen) atoms. The monoisotopic (exact) mass is 326 g/mol. The maximum Gasteiger partial charge on any atom is 0.222 e. The number of carbonyl (C=O) groups excluding carboxylic acids is 1. The van der Waals surface area contributed by atoms with E-state index in [1.165, 1.54) is 0 Å². The van der Waals surface area contributed by atoms with Gasteiger partial charge in [-0.05, 0) is 49.9 Å². The van der Waals surface area contributed by atoms with Crippen LogP contribution >= 0.6 is 0 Å². The number of methoxy groups -OCH3 is 1. The molecule has 1 saturated heterocycles. The minimum Gasteiger partial charge on any atom is -0.497 e. The highest BCUT2D eigenvalue weighted by Gasteiger charge is 2.30. The van der Waals surface area contributed by atoms with Gasteiger partial charge < -0.3 is 9.64 Å². The van der Waals surface area contributed by atoms with Gasteiger partial charge >= 0.3 is 0 Å². The van der Waals surface area contributed by atoms with Crippen LogP contribution in [0.4, 0.5) is 0 Å². The number of aromatic nitrogens is 3. The first-order valence-corrected chi connectivity index (χ1v) is 8.62. The Morgan fingerprint density at radius 3 is 2.67 bits per heavy atom. The van der Waals surface area contributed by atoms with E-state index in [4.69, 9.17) is 14.8 Å². The number of piperidine rings is 1. The van der Waals surface area contributed by atoms with Crippen molar-refractivity contribution in [3.63, 3.8) is 0 Å². The van der Waals surface area contributed by atoms with Crippen LogP contribution in [-0.2, 0) is 11.3 Å². The highest BCUT2D eigenvalue weighted by atomic mass is 16.5. The highest BCUT2D eigenvalue weighted by molar-refractivity contribution is 5.76. The van der Waals surface area contributed by atoms with Crippen LogP contribution in [0.2, 0.25) is 0 Å². The van der Waals surface area contributed by atoms with Crippen LogP contribution in [-0.4, -0.2) is 39.2 Å². The van der Waals surface area contributed by atoms with Crippen molar-refractivity contribution in [2.75, 3.05) is 13.7 Å². The number of likely N-dealkylation sites (tertiary alicyclic amines) is 1. The molecule has 2 fully saturated rings. The van der Waals surface area contributed by atoms with Crippen LogP contribution in [0.1, 0.15) is 49.7 Å². The van der Waals surface area contributed by atoms with Crippen LogP contribution in [0, 0.1) is 0 Å². The molecule has 2 aromatic rings. The average Bonchev–Trinajstić information content (AvgIpc) is 3.38. The lowest BCUT2D eigenvalue weighted by Crippen LogP contribution is -2.35. The number of rotatable bonds is 5. The summed E-state index contributed by atoms with van der Waals surface area (Å²) in [5, 5.41) is 4.72. The van der Waals surface area contributed by atoms with Gasteiger partial charge in [-0.3, -0.25) is 4.79 Å². The van der Waals surface area contributed by atoms with Gasteiger partial charge in [-0.1, -0.05) is 0 Å². The van der Waals surface area contributed by atoms with Crippen LogP contribution in [0.5, 0.6) is 5.75 Å². The van der Waals surface area contributed by atoms with Crippen LogP contribution < -0.4 is 4.74 Å². The molecule has 126 valence electrons. The number of benzene rings is 1. The summed E-state index contributed by atoms with van der Waals surface area (Å²) in [6, 6.07) is 7.80. The van der Waals surface area contributed by atoms with Gasteiger partial charge in [-0.2, -0.15) is 5.10 Å². The summed E-state index contributed by atoms with van der Waals surface area (Å²) < 4.78 is 7.11. The van der Waals surface area contributed by atoms with Gasteiger partial charge in [0.05, 0.1) is 19.3 Å². The largest absolute Gasteiger partial charge is 0.497 e. The standard InChI is InChI=1S/C18H22N4O2/c1-24-15-9-7-14(8-10-15)22-16(19-18(20-22)13-5-6-13)12-21-11-3-2-4-17(21)23/h7-10,13H,2-6,11-12H2,1H3. The number of carbonyl (C=O) groups is 1. The third kappa shape index (κ3) is 3.00. The zero-order valence-corrected chi connectivity index (χ0v) is 13.9. The number of hydrogen-bond acceptors (Lipinski definition) is 4. The quantitative estimate of drug-likeness (QED) is 0.847. The Morgan fingerprint density at radius 1 is 1.21 bits per heavy atom. The molecule has 1 aliphatic heterocycles. The highest BCUT2D eigenvalue weighted by Crippen LogP contribution is 2.38. The molecule has 1 aromatic carbocycles. The van der Waals surface area contributed by atoms with Crippen molar-refractivity contribution in [3.05, 3.63) is 35.9 Å². The lowest BCUT2D eigenvalue weighted by molar-refractivity contribution is -0.134. The van der Waals surface area contributed by atoms with E-state index in [0.717, 1.165) is 55.3 Å². The third-order valence-electron chi connectivity index (χ3n) is 4.70. The van der Waals surface area contributed by atoms with Crippen LogP contribution in [0.15, 0.2) is 24.3 Å². The average molecular weight is 326 g/mol. The zero-order chi connectivity index (χ0) is 16.5. The zero-order valence-electron chi connectivity index (χ0n) is 13.9. The van der Waals surface area contributed by atoms with Gasteiger partial charge in [0.1, 0.15) is 5.75 Å². The molecule has 0 bridgehead atoms. The molecule has 4 rings (SSSR count). The predicted molar refractivity (Wildman–Crippen MR) is 89.2 cm³/mol. The summed E-state index contributed by atoms with van der Waals surface area (Å²) in [5.74, 6) is 3.27. The molecule has 2 aliphatic rings. The third-order valence-corrected chi connectivity index (χ3v) is 4.70. The fourth-order valence-corrected chi connectivity index (χ4v) is 3.11. The second kappa shape index (κ2) is 6.26. The van der Waals surface area contributed by atoms with E-state index in [9.17, 15) is 4.79 Å². The second-order valence-corrected chi connectivity index (χ2v) is 6.54. The molecule has 6 heteroatoms. The normalized spacial score (nSPS) is 18.0. The molecule has 0 N–H and O–H groups in total. The van der Waals surface area contributed by atoms with Gasteiger partial charge in [-0.15, -0.1) is 0 Å². The Hall–Kier alpha value is -2.37. The second-order valence-electron chi connectivity index (χ2n) is 6.54. The molecule has 0 atom stereocenters. The number of nitrogens with zero attached hydrogens (tertiary/aromatic N) is 4. The molecule has 0 unspecified atom stereocenters. The summed E-state index contributed by atoms with van der Waals surface area (Å²) >= 11 is 0. The SMILES string of the molecule is COc1ccc(-n2nc(C3CC3)nc2CN2CCCCC2=O)cc1. The molecular formula is C18H22N4O2. The van der Waals surface area contributed by atoms with E-state index in [0.29, 0.717) is 18.9 Å². The maximum absolute atomic E-state index is 12.1. The minimum absolute atomic E-state index is 0.221. The van der Waals surface area contributed by atoms with Crippen molar-refractivity contribution in [1.82, 2.24) is 19.7 Å². The fraction of sp³-hybridized carbons (Fsp3) is 0.500. The van der Waals surface area contributed by atoms with E-state index >= 15 is 0 Å². The van der Waals surface area contributed by atoms with Crippen molar-refractivity contribution >= 4 is 5.91 Å². The van der Waals surface area contributed by atoms with Gasteiger partial charge in [0.2, 0.25) is 5.91 Å². The molecule has 0 radical (unpaired) electrons. The maximum atomic E-state index is 12.1. The lowest BCUT2D eigenvalue weighted by Gasteiger charge is -2.26. The smallest absolute Gasteiger partial charge is 0.222 e. The van der Waals surface area contributed by atoms with E-state index in [-0.39, 0.29) is 5.91 Å². The van der Waals surface area contributed by atoms with Gasteiger partial charge in [-0.25, -0.2) is 9.67 Å². The molecule has 1 saturated carbocycles. The van der Waals surface area contributed by atoms with Crippen molar-refractivity contribution in [1.29, 1.82) is 0 Å². The lowest BCUT2D eigenvalue weighted by atomic mass is 10.1. The molecule has 6 nitrogen and oxygen atoms in total. The first-order chi connectivity index (χ1) is 11.7. The summed E-state index contributed by atoms with van der Waals surface area (Å²) in [7, 11) is 1.66. The van der Waals surface area contributed by atoms with E-state index < -0.39 is 0 Å². The van der Waals surface area contributed by atoms with Crippen molar-refractivity contribution in [2.24, 2.45) is 0 Å². The summed E-state index contributed by atoms with van der Waals surface area (Å²) in [4.78, 5) is 18.8. The Morgan fingerprint density at radius 2 is 2.00 bits per heavy atom. The Labute approximate surface area is 141 Å². The molecule has 1 aromatic heterocycles. The summed E-state index contributed by atoms with van der Waals surface area (Å²) in [6.07, 6.45) is 5.03. The fourth-order valence-electron chi connectivity index (χ4n) is 3.11. The molecule has 1 aliphatic carbocycles. The first kappa shape index (κ1) is 15.2. The van der Waals surface area contributed by atoms with Crippen LogP contribution in [0.25, 0.3) is 5.69 Å². The van der Waals surface area contributed by atoms with Gasteiger partial charge in [0.15, 0.2) is 11.6 Å². The van der Waals surface area contributed by atoms with E-state index in [2.05, 4.69) is 0 Å². The molecular weight excluding hydrogens is 304 g/mol. The predicted octanol–water partition coefficient (Wildman–Crippen LogP) is 2.67. The number of ether oxygens (including phenoxy) is 1. The van der Waals surface area contributed by atoms with Crippen molar-refractivity contribution in [2.45, 2.75) is 44.6 Å². The van der Waals surface area contributed by atoms with E-state index in [1.54, 1.807) is 7.11 Å². The Balaban J connectivity index is 1.65. The topological polar surface area (TPSA) is 60.2 Å². The molecule has 0 spiro atoms.